The molecule has 2 saturated carbocycles. The molecule has 0 saturated heterocycles. The van der Waals surface area contributed by atoms with E-state index in [1.807, 2.05) is 25.1 Å². The third kappa shape index (κ3) is 3.32. The predicted molar refractivity (Wildman–Crippen MR) is 98.2 cm³/mol. The van der Waals surface area contributed by atoms with Crippen molar-refractivity contribution in [1.82, 2.24) is 20.3 Å². The number of aromatic nitrogens is 3. The summed E-state index contributed by atoms with van der Waals surface area (Å²) in [7, 11) is 0. The predicted octanol–water partition coefficient (Wildman–Crippen LogP) is 3.05. The second-order valence-corrected chi connectivity index (χ2v) is 7.55. The van der Waals surface area contributed by atoms with Gasteiger partial charge in [0.15, 0.2) is 0 Å². The van der Waals surface area contributed by atoms with Crippen LogP contribution in [0.2, 0.25) is 0 Å². The van der Waals surface area contributed by atoms with Crippen LogP contribution in [-0.2, 0) is 0 Å². The first-order valence-electron chi connectivity index (χ1n) is 9.14. The summed E-state index contributed by atoms with van der Waals surface area (Å²) < 4.78 is 0. The first-order valence-corrected chi connectivity index (χ1v) is 9.14. The molecule has 0 aliphatic heterocycles. The van der Waals surface area contributed by atoms with Gasteiger partial charge in [0.05, 0.1) is 6.20 Å². The first kappa shape index (κ1) is 16.7. The number of carbonyl (C=O) groups is 1. The number of nitrogens with zero attached hydrogens (tertiary/aromatic N) is 3. The van der Waals surface area contributed by atoms with E-state index in [-0.39, 0.29) is 16.9 Å². The third-order valence-corrected chi connectivity index (χ3v) is 5.59. The largest absolute Gasteiger partial charge is 0.345 e. The van der Waals surface area contributed by atoms with Gasteiger partial charge in [-0.05, 0) is 63.5 Å². The minimum atomic E-state index is -0.165. The van der Waals surface area contributed by atoms with E-state index in [1.165, 1.54) is 6.20 Å². The molecule has 2 aromatic rings. The number of carbonyl (C=O) groups excluding carboxylic acids is 1. The molecular weight excluding hydrogens is 324 g/mol. The van der Waals surface area contributed by atoms with Gasteiger partial charge in [0.25, 0.3) is 5.91 Å². The van der Waals surface area contributed by atoms with Crippen LogP contribution in [0.15, 0.2) is 36.8 Å². The number of hydrogen-bond acceptors (Lipinski definition) is 4. The van der Waals surface area contributed by atoms with E-state index in [2.05, 4.69) is 32.1 Å². The molecule has 2 heterocycles. The molecule has 132 valence electrons. The summed E-state index contributed by atoms with van der Waals surface area (Å²) in [6.45, 7) is 1.98. The Hall–Kier alpha value is -2.74. The molecule has 2 fully saturated rings. The normalized spacial score (nSPS) is 26.7. The monoisotopic (exact) mass is 346 g/mol. The van der Waals surface area contributed by atoms with Gasteiger partial charge in [-0.1, -0.05) is 12.0 Å². The lowest BCUT2D eigenvalue weighted by atomic mass is 9.73. The Labute approximate surface area is 153 Å². The Bertz CT molecular complexity index is 886. The van der Waals surface area contributed by atoms with E-state index >= 15 is 0 Å². The molecular formula is C21H22N4O. The van der Waals surface area contributed by atoms with Crippen LogP contribution in [0.5, 0.6) is 0 Å². The molecule has 5 nitrogen and oxygen atoms in total. The Kier molecular flexibility index (Phi) is 4.20. The smallest absolute Gasteiger partial charge is 0.271 e. The number of nitrogens with one attached hydrogen (secondary N) is 1. The summed E-state index contributed by atoms with van der Waals surface area (Å²) in [6, 6.07) is 5.93. The maximum atomic E-state index is 12.6. The average molecular weight is 346 g/mol. The van der Waals surface area contributed by atoms with Crippen molar-refractivity contribution in [3.05, 3.63) is 53.9 Å². The van der Waals surface area contributed by atoms with Crippen molar-refractivity contribution >= 4 is 5.91 Å². The topological polar surface area (TPSA) is 67.8 Å². The SMILES string of the molecule is Cc1cccc(C#CC23CCCC(NC(=O)c4cnccn4)(CC2)C3)n1. The fourth-order valence-electron chi connectivity index (χ4n) is 4.36. The van der Waals surface area contributed by atoms with Crippen molar-refractivity contribution in [1.29, 1.82) is 0 Å². The van der Waals surface area contributed by atoms with Crippen molar-refractivity contribution < 1.29 is 4.79 Å². The molecule has 2 unspecified atom stereocenters. The molecule has 4 rings (SSSR count). The Balaban J connectivity index is 1.52. The van der Waals surface area contributed by atoms with Crippen LogP contribution in [0.25, 0.3) is 0 Å². The number of aryl methyl sites for hydroxylation is 1. The molecule has 2 aromatic heterocycles. The Morgan fingerprint density at radius 2 is 2.12 bits per heavy atom. The fourth-order valence-corrected chi connectivity index (χ4v) is 4.36. The molecule has 2 aliphatic rings. The van der Waals surface area contributed by atoms with E-state index in [1.54, 1.807) is 12.4 Å². The molecule has 2 bridgehead atoms. The zero-order valence-corrected chi connectivity index (χ0v) is 15.0. The lowest BCUT2D eigenvalue weighted by Gasteiger charge is -2.37. The fraction of sp³-hybridized carbons (Fsp3) is 0.429. The number of rotatable bonds is 2. The third-order valence-electron chi connectivity index (χ3n) is 5.59. The van der Waals surface area contributed by atoms with Gasteiger partial charge in [0.2, 0.25) is 0 Å². The standard InChI is InChI=1S/C21H22N4O/c1-16-4-2-5-17(24-16)6-9-20-7-3-8-21(15-20,11-10-20)25-19(26)18-14-22-12-13-23-18/h2,4-5,12-14H,3,7-8,10-11,15H2,1H3,(H,25,26). The second-order valence-electron chi connectivity index (χ2n) is 7.55. The molecule has 1 amide bonds. The van der Waals surface area contributed by atoms with Crippen LogP contribution in [0.1, 0.15) is 60.4 Å². The Morgan fingerprint density at radius 3 is 2.92 bits per heavy atom. The van der Waals surface area contributed by atoms with Crippen LogP contribution in [0.4, 0.5) is 0 Å². The van der Waals surface area contributed by atoms with E-state index in [4.69, 9.17) is 0 Å². The van der Waals surface area contributed by atoms with Crippen LogP contribution < -0.4 is 5.32 Å². The summed E-state index contributed by atoms with van der Waals surface area (Å²) >= 11 is 0. The van der Waals surface area contributed by atoms with E-state index < -0.39 is 0 Å². The number of fused-ring (bicyclic) bond motifs is 2. The number of hydrogen-bond donors (Lipinski definition) is 1. The minimum Gasteiger partial charge on any atom is -0.345 e. The molecule has 0 radical (unpaired) electrons. The highest BCUT2D eigenvalue weighted by Crippen LogP contribution is 2.53. The van der Waals surface area contributed by atoms with Gasteiger partial charge < -0.3 is 5.32 Å². The summed E-state index contributed by atoms with van der Waals surface area (Å²) in [5.41, 5.74) is 2.00. The Morgan fingerprint density at radius 1 is 1.19 bits per heavy atom. The van der Waals surface area contributed by atoms with Gasteiger partial charge in [-0.15, -0.1) is 0 Å². The quantitative estimate of drug-likeness (QED) is 0.849. The highest BCUT2D eigenvalue weighted by Gasteiger charge is 2.51. The van der Waals surface area contributed by atoms with Crippen molar-refractivity contribution in [2.75, 3.05) is 0 Å². The number of amides is 1. The molecule has 0 spiro atoms. The summed E-state index contributed by atoms with van der Waals surface area (Å²) in [5, 5.41) is 3.25. The van der Waals surface area contributed by atoms with E-state index in [0.29, 0.717) is 5.69 Å². The summed E-state index contributed by atoms with van der Waals surface area (Å²) in [5.74, 6) is 6.66. The van der Waals surface area contributed by atoms with Crippen LogP contribution in [0, 0.1) is 24.2 Å². The van der Waals surface area contributed by atoms with Crippen molar-refractivity contribution in [2.24, 2.45) is 5.41 Å². The molecule has 2 aliphatic carbocycles. The zero-order valence-electron chi connectivity index (χ0n) is 15.0. The second kappa shape index (κ2) is 6.53. The van der Waals surface area contributed by atoms with Crippen LogP contribution >= 0.6 is 0 Å². The van der Waals surface area contributed by atoms with Gasteiger partial charge in [0, 0.05) is 29.0 Å². The van der Waals surface area contributed by atoms with Crippen molar-refractivity contribution in [2.45, 2.75) is 51.0 Å². The minimum absolute atomic E-state index is 0.0146. The molecule has 0 aromatic carbocycles. The van der Waals surface area contributed by atoms with Gasteiger partial charge in [-0.25, -0.2) is 9.97 Å². The summed E-state index contributed by atoms with van der Waals surface area (Å²) in [4.78, 5) is 25.1. The van der Waals surface area contributed by atoms with Crippen LogP contribution in [-0.4, -0.2) is 26.4 Å². The zero-order chi connectivity index (χ0) is 18.0. The maximum absolute atomic E-state index is 12.6. The van der Waals surface area contributed by atoms with Crippen molar-refractivity contribution in [3.8, 4) is 11.8 Å². The van der Waals surface area contributed by atoms with Gasteiger partial charge >= 0.3 is 0 Å². The number of pyridine rings is 1. The molecule has 2 atom stereocenters. The lowest BCUT2D eigenvalue weighted by Crippen LogP contribution is -2.49. The molecule has 5 heteroatoms. The lowest BCUT2D eigenvalue weighted by molar-refractivity contribution is 0.0866. The molecule has 26 heavy (non-hydrogen) atoms. The van der Waals surface area contributed by atoms with Gasteiger partial charge in [-0.2, -0.15) is 0 Å². The first-order chi connectivity index (χ1) is 12.6. The van der Waals surface area contributed by atoms with E-state index in [9.17, 15) is 4.79 Å². The van der Waals surface area contributed by atoms with E-state index in [0.717, 1.165) is 49.9 Å². The maximum Gasteiger partial charge on any atom is 0.271 e. The van der Waals surface area contributed by atoms with Crippen molar-refractivity contribution in [3.63, 3.8) is 0 Å². The average Bonchev–Trinajstić information content (AvgIpc) is 2.91. The highest BCUT2D eigenvalue weighted by molar-refractivity contribution is 5.92. The van der Waals surface area contributed by atoms with Gasteiger partial charge in [0.1, 0.15) is 11.4 Å². The molecule has 1 N–H and O–H groups in total. The van der Waals surface area contributed by atoms with Crippen LogP contribution in [0.3, 0.4) is 0 Å². The summed E-state index contributed by atoms with van der Waals surface area (Å²) in [6.07, 6.45) is 10.7. The van der Waals surface area contributed by atoms with Gasteiger partial charge in [-0.3, -0.25) is 9.78 Å². The highest BCUT2D eigenvalue weighted by atomic mass is 16.2.